The number of unbranched alkanes of at least 4 members (excludes halogenated alkanes) is 1. The van der Waals surface area contributed by atoms with Crippen molar-refractivity contribution in [1.29, 1.82) is 0 Å². The fourth-order valence-corrected chi connectivity index (χ4v) is 5.81. The summed E-state index contributed by atoms with van der Waals surface area (Å²) in [6.07, 6.45) is 9.45. The topological polar surface area (TPSA) is 34.5 Å². The van der Waals surface area contributed by atoms with Crippen molar-refractivity contribution in [1.82, 2.24) is 9.47 Å². The predicted octanol–water partition coefficient (Wildman–Crippen LogP) is 6.35. The van der Waals surface area contributed by atoms with Crippen molar-refractivity contribution in [2.75, 3.05) is 6.54 Å². The molecular formula is C27H31ClN2O2. The quantitative estimate of drug-likeness (QED) is 0.296. The smallest absolute Gasteiger partial charge is 0.161 e. The first kappa shape index (κ1) is 21.5. The molecule has 0 N–H and O–H groups in total. The van der Waals surface area contributed by atoms with E-state index in [1.807, 2.05) is 36.5 Å². The number of ether oxygens (including phenoxy) is 1. The molecule has 3 heterocycles. The van der Waals surface area contributed by atoms with Gasteiger partial charge in [-0.2, -0.15) is 0 Å². The number of para-hydroxylation sites is 1. The maximum atomic E-state index is 12.0. The van der Waals surface area contributed by atoms with Crippen LogP contribution >= 0.6 is 11.6 Å². The average Bonchev–Trinajstić information content (AvgIpc) is 3.27. The number of hydrogen-bond donors (Lipinski definition) is 0. The van der Waals surface area contributed by atoms with E-state index in [9.17, 15) is 4.79 Å². The Balaban J connectivity index is 1.14. The van der Waals surface area contributed by atoms with Crippen LogP contribution in [0.4, 0.5) is 0 Å². The molecule has 5 heteroatoms. The van der Waals surface area contributed by atoms with Crippen molar-refractivity contribution in [2.24, 2.45) is 0 Å². The number of rotatable bonds is 8. The number of carbonyl (C=O) groups excluding carboxylic acids is 1. The lowest BCUT2D eigenvalue weighted by Gasteiger charge is -2.39. The van der Waals surface area contributed by atoms with E-state index in [1.165, 1.54) is 19.3 Å². The molecule has 168 valence electrons. The van der Waals surface area contributed by atoms with Crippen molar-refractivity contribution in [3.63, 3.8) is 0 Å². The molecule has 2 aliphatic rings. The minimum absolute atomic E-state index is 0.139. The fourth-order valence-electron chi connectivity index (χ4n) is 5.68. The maximum absolute atomic E-state index is 12.0. The van der Waals surface area contributed by atoms with E-state index < -0.39 is 0 Å². The Morgan fingerprint density at radius 1 is 1.00 bits per heavy atom. The molecule has 3 aromatic rings. The molecule has 2 bridgehead atoms. The van der Waals surface area contributed by atoms with E-state index >= 15 is 0 Å². The number of benzene rings is 2. The molecule has 0 aliphatic carbocycles. The summed E-state index contributed by atoms with van der Waals surface area (Å²) in [6.45, 7) is 3.77. The number of Topliss-reactive ketones (excluding diaryl/α,β-unsaturated/α-hetero) is 1. The van der Waals surface area contributed by atoms with E-state index in [2.05, 4.69) is 27.7 Å². The van der Waals surface area contributed by atoms with E-state index in [0.717, 1.165) is 59.6 Å². The Morgan fingerprint density at radius 3 is 2.41 bits per heavy atom. The zero-order chi connectivity index (χ0) is 22.1. The number of fused-ring (bicyclic) bond motifs is 3. The van der Waals surface area contributed by atoms with Crippen molar-refractivity contribution in [2.45, 2.75) is 70.2 Å². The van der Waals surface area contributed by atoms with Gasteiger partial charge in [-0.3, -0.25) is 9.69 Å². The number of aromatic nitrogens is 1. The number of ketones is 1. The van der Waals surface area contributed by atoms with Gasteiger partial charge in [0.05, 0.1) is 0 Å². The highest BCUT2D eigenvalue weighted by atomic mass is 35.5. The zero-order valence-corrected chi connectivity index (χ0v) is 19.4. The monoisotopic (exact) mass is 450 g/mol. The maximum Gasteiger partial charge on any atom is 0.161 e. The number of piperidine rings is 1. The Bertz CT molecular complexity index is 1080. The van der Waals surface area contributed by atoms with Crippen molar-refractivity contribution in [3.05, 3.63) is 65.3 Å². The van der Waals surface area contributed by atoms with Gasteiger partial charge < -0.3 is 9.30 Å². The number of hydrogen-bond acceptors (Lipinski definition) is 3. The summed E-state index contributed by atoms with van der Waals surface area (Å²) in [4.78, 5) is 14.7. The lowest BCUT2D eigenvalue weighted by molar-refractivity contribution is 0.0483. The SMILES string of the molecule is CC(=O)c1cn(CCCCN2C3CCC2CC(Oc2ccc(Cl)cc2)C3)c2ccccc12. The second kappa shape index (κ2) is 9.29. The highest BCUT2D eigenvalue weighted by molar-refractivity contribution is 6.30. The van der Waals surface area contributed by atoms with Crippen LogP contribution in [0.15, 0.2) is 54.7 Å². The molecule has 5 rings (SSSR count). The number of carbonyl (C=O) groups is 1. The highest BCUT2D eigenvalue weighted by Gasteiger charge is 2.41. The zero-order valence-electron chi connectivity index (χ0n) is 18.7. The van der Waals surface area contributed by atoms with E-state index in [-0.39, 0.29) is 5.78 Å². The van der Waals surface area contributed by atoms with Gasteiger partial charge >= 0.3 is 0 Å². The molecule has 2 unspecified atom stereocenters. The minimum Gasteiger partial charge on any atom is -0.490 e. The molecule has 0 spiro atoms. The van der Waals surface area contributed by atoms with Crippen LogP contribution in [0.1, 0.15) is 55.8 Å². The molecule has 2 atom stereocenters. The molecule has 2 aliphatic heterocycles. The van der Waals surface area contributed by atoms with Gasteiger partial charge in [0.2, 0.25) is 0 Å². The molecule has 2 aromatic carbocycles. The highest BCUT2D eigenvalue weighted by Crippen LogP contribution is 2.37. The Kier molecular flexibility index (Phi) is 6.25. The first-order chi connectivity index (χ1) is 15.6. The molecule has 2 fully saturated rings. The van der Waals surface area contributed by atoms with Crippen molar-refractivity contribution in [3.8, 4) is 5.75 Å². The molecule has 32 heavy (non-hydrogen) atoms. The average molecular weight is 451 g/mol. The van der Waals surface area contributed by atoms with Gasteiger partial charge in [-0.1, -0.05) is 29.8 Å². The van der Waals surface area contributed by atoms with Crippen LogP contribution in [0.2, 0.25) is 5.02 Å². The summed E-state index contributed by atoms with van der Waals surface area (Å²) in [7, 11) is 0. The summed E-state index contributed by atoms with van der Waals surface area (Å²) >= 11 is 5.99. The third-order valence-electron chi connectivity index (χ3n) is 7.19. The lowest BCUT2D eigenvalue weighted by atomic mass is 9.99. The fraction of sp³-hybridized carbons (Fsp3) is 0.444. The third-order valence-corrected chi connectivity index (χ3v) is 7.44. The molecule has 0 saturated carbocycles. The Labute approximate surface area is 195 Å². The van der Waals surface area contributed by atoms with Gasteiger partial charge in [0.15, 0.2) is 5.78 Å². The summed E-state index contributed by atoms with van der Waals surface area (Å²) in [5.74, 6) is 1.07. The van der Waals surface area contributed by atoms with Gasteiger partial charge in [-0.05, 0) is 82.3 Å². The molecule has 1 aromatic heterocycles. The first-order valence-corrected chi connectivity index (χ1v) is 12.2. The Hall–Kier alpha value is -2.30. The standard InChI is InChI=1S/C27H31ClN2O2/c1-19(31)26-18-29(27-7-3-2-6-25(26)27)14-4-5-15-30-21-10-11-22(30)17-24(16-21)32-23-12-8-20(28)9-13-23/h2-3,6-9,12-13,18,21-22,24H,4-5,10-11,14-17H2,1H3. The van der Waals surface area contributed by atoms with Crippen LogP contribution in [-0.2, 0) is 6.54 Å². The van der Waals surface area contributed by atoms with Gasteiger partial charge in [-0.15, -0.1) is 0 Å². The number of halogens is 1. The van der Waals surface area contributed by atoms with E-state index in [1.54, 1.807) is 6.92 Å². The van der Waals surface area contributed by atoms with Crippen LogP contribution in [0.5, 0.6) is 5.75 Å². The molecule has 4 nitrogen and oxygen atoms in total. The number of nitrogens with zero attached hydrogens (tertiary/aromatic N) is 2. The second-order valence-electron chi connectivity index (χ2n) is 9.30. The minimum atomic E-state index is 0.139. The third kappa shape index (κ3) is 4.44. The molecular weight excluding hydrogens is 420 g/mol. The van der Waals surface area contributed by atoms with Gasteiger partial charge in [-0.25, -0.2) is 0 Å². The van der Waals surface area contributed by atoms with Gasteiger partial charge in [0, 0.05) is 46.3 Å². The van der Waals surface area contributed by atoms with Gasteiger partial charge in [0.25, 0.3) is 0 Å². The van der Waals surface area contributed by atoms with Gasteiger partial charge in [0.1, 0.15) is 11.9 Å². The summed E-state index contributed by atoms with van der Waals surface area (Å²) in [5.41, 5.74) is 2.00. The van der Waals surface area contributed by atoms with E-state index in [0.29, 0.717) is 18.2 Å². The molecule has 0 amide bonds. The van der Waals surface area contributed by atoms with Crippen LogP contribution in [0.3, 0.4) is 0 Å². The van der Waals surface area contributed by atoms with Crippen LogP contribution in [0.25, 0.3) is 10.9 Å². The molecule has 0 radical (unpaired) electrons. The van der Waals surface area contributed by atoms with Crippen LogP contribution in [0, 0.1) is 0 Å². The van der Waals surface area contributed by atoms with Crippen molar-refractivity contribution < 1.29 is 9.53 Å². The summed E-state index contributed by atoms with van der Waals surface area (Å²) in [5, 5.41) is 1.82. The van der Waals surface area contributed by atoms with Crippen LogP contribution in [-0.4, -0.2) is 40.0 Å². The predicted molar refractivity (Wildman–Crippen MR) is 130 cm³/mol. The number of aryl methyl sites for hydroxylation is 1. The molecule has 2 saturated heterocycles. The lowest BCUT2D eigenvalue weighted by Crippen LogP contribution is -2.46. The normalized spacial score (nSPS) is 23.0. The van der Waals surface area contributed by atoms with Crippen molar-refractivity contribution >= 4 is 28.3 Å². The second-order valence-corrected chi connectivity index (χ2v) is 9.74. The largest absolute Gasteiger partial charge is 0.490 e. The summed E-state index contributed by atoms with van der Waals surface area (Å²) in [6, 6.07) is 17.3. The first-order valence-electron chi connectivity index (χ1n) is 11.9. The van der Waals surface area contributed by atoms with E-state index in [4.69, 9.17) is 16.3 Å². The summed E-state index contributed by atoms with van der Waals surface area (Å²) < 4.78 is 8.53. The van der Waals surface area contributed by atoms with Crippen LogP contribution < -0.4 is 4.74 Å². The Morgan fingerprint density at radius 2 is 1.69 bits per heavy atom.